The van der Waals surface area contributed by atoms with E-state index in [2.05, 4.69) is 10.2 Å². The van der Waals surface area contributed by atoms with Crippen LogP contribution < -0.4 is 5.32 Å². The SMILES string of the molecule is CCOC(=O)c1c(NC(=O)CS(=O)(=O)c2ccc(F)cc2)sc2c1CCN(C)C2. The van der Waals surface area contributed by atoms with E-state index in [9.17, 15) is 22.4 Å². The van der Waals surface area contributed by atoms with Crippen LogP contribution in [-0.2, 0) is 32.3 Å². The second kappa shape index (κ2) is 8.60. The van der Waals surface area contributed by atoms with E-state index in [0.717, 1.165) is 41.3 Å². The normalized spacial score (nSPS) is 14.3. The molecule has 0 spiro atoms. The van der Waals surface area contributed by atoms with Crippen molar-refractivity contribution in [2.24, 2.45) is 0 Å². The first-order valence-electron chi connectivity index (χ1n) is 8.99. The van der Waals surface area contributed by atoms with E-state index in [-0.39, 0.29) is 11.5 Å². The predicted octanol–water partition coefficient (Wildman–Crippen LogP) is 2.46. The van der Waals surface area contributed by atoms with Crippen LogP contribution in [0.3, 0.4) is 0 Å². The topological polar surface area (TPSA) is 92.8 Å². The Balaban J connectivity index is 1.84. The Labute approximate surface area is 172 Å². The number of halogens is 1. The lowest BCUT2D eigenvalue weighted by atomic mass is 10.0. The Hall–Kier alpha value is -2.30. The molecule has 3 rings (SSSR count). The Bertz CT molecular complexity index is 1030. The zero-order chi connectivity index (χ0) is 21.2. The van der Waals surface area contributed by atoms with E-state index >= 15 is 0 Å². The number of hydrogen-bond acceptors (Lipinski definition) is 7. The van der Waals surface area contributed by atoms with Crippen molar-refractivity contribution in [1.82, 2.24) is 4.90 Å². The lowest BCUT2D eigenvalue weighted by molar-refractivity contribution is -0.113. The van der Waals surface area contributed by atoms with Crippen molar-refractivity contribution < 1.29 is 27.1 Å². The van der Waals surface area contributed by atoms with Crippen LogP contribution in [0.5, 0.6) is 0 Å². The molecular weight excluding hydrogens is 419 g/mol. The van der Waals surface area contributed by atoms with Gasteiger partial charge in [0.15, 0.2) is 9.84 Å². The van der Waals surface area contributed by atoms with Crippen molar-refractivity contribution >= 4 is 38.1 Å². The van der Waals surface area contributed by atoms with Crippen LogP contribution in [0.4, 0.5) is 9.39 Å². The molecule has 1 aromatic carbocycles. The summed E-state index contributed by atoms with van der Waals surface area (Å²) in [5.74, 6) is -2.69. The fraction of sp³-hybridized carbons (Fsp3) is 0.368. The van der Waals surface area contributed by atoms with E-state index in [1.807, 2.05) is 7.05 Å². The summed E-state index contributed by atoms with van der Waals surface area (Å²) in [4.78, 5) is 27.8. The van der Waals surface area contributed by atoms with Crippen molar-refractivity contribution in [2.75, 3.05) is 31.3 Å². The van der Waals surface area contributed by atoms with Crippen molar-refractivity contribution in [2.45, 2.75) is 24.8 Å². The maximum absolute atomic E-state index is 13.0. The fourth-order valence-corrected chi connectivity index (χ4v) is 5.57. The summed E-state index contributed by atoms with van der Waals surface area (Å²) in [6, 6.07) is 4.27. The molecule has 0 atom stereocenters. The van der Waals surface area contributed by atoms with Gasteiger partial charge in [0.1, 0.15) is 16.6 Å². The second-order valence-electron chi connectivity index (χ2n) is 6.68. The molecule has 10 heteroatoms. The number of thiophene rings is 1. The average molecular weight is 441 g/mol. The number of carbonyl (C=O) groups excluding carboxylic acids is 2. The van der Waals surface area contributed by atoms with Crippen LogP contribution in [-0.4, -0.2) is 51.1 Å². The molecule has 0 radical (unpaired) electrons. The molecule has 0 aliphatic carbocycles. The molecule has 1 amide bonds. The molecule has 0 unspecified atom stereocenters. The first-order chi connectivity index (χ1) is 13.7. The highest BCUT2D eigenvalue weighted by Gasteiger charge is 2.29. The van der Waals surface area contributed by atoms with Gasteiger partial charge in [0.25, 0.3) is 0 Å². The zero-order valence-electron chi connectivity index (χ0n) is 16.0. The molecule has 1 aromatic heterocycles. The monoisotopic (exact) mass is 440 g/mol. The Morgan fingerprint density at radius 3 is 2.62 bits per heavy atom. The summed E-state index contributed by atoms with van der Waals surface area (Å²) in [6.07, 6.45) is 0.639. The summed E-state index contributed by atoms with van der Waals surface area (Å²) in [6.45, 7) is 3.28. The van der Waals surface area contributed by atoms with E-state index in [1.165, 1.54) is 11.3 Å². The Morgan fingerprint density at radius 1 is 1.28 bits per heavy atom. The smallest absolute Gasteiger partial charge is 0.341 e. The van der Waals surface area contributed by atoms with Crippen LogP contribution in [0.25, 0.3) is 0 Å². The minimum absolute atomic E-state index is 0.147. The van der Waals surface area contributed by atoms with Crippen molar-refractivity contribution in [3.05, 3.63) is 46.1 Å². The molecule has 1 aliphatic rings. The maximum atomic E-state index is 13.0. The number of benzene rings is 1. The van der Waals surface area contributed by atoms with E-state index < -0.39 is 33.3 Å². The summed E-state index contributed by atoms with van der Waals surface area (Å²) in [5.41, 5.74) is 1.13. The molecule has 156 valence electrons. The number of ether oxygens (including phenoxy) is 1. The number of nitrogens with zero attached hydrogens (tertiary/aromatic N) is 1. The minimum Gasteiger partial charge on any atom is -0.462 e. The molecule has 0 saturated carbocycles. The predicted molar refractivity (Wildman–Crippen MR) is 107 cm³/mol. The van der Waals surface area contributed by atoms with Gasteiger partial charge in [-0.25, -0.2) is 17.6 Å². The van der Waals surface area contributed by atoms with Gasteiger partial charge in [-0.3, -0.25) is 4.79 Å². The van der Waals surface area contributed by atoms with E-state index in [0.29, 0.717) is 23.5 Å². The van der Waals surface area contributed by atoms with Crippen molar-refractivity contribution in [3.63, 3.8) is 0 Å². The molecule has 1 aliphatic heterocycles. The average Bonchev–Trinajstić information content (AvgIpc) is 2.98. The summed E-state index contributed by atoms with van der Waals surface area (Å²) in [5, 5.41) is 2.86. The summed E-state index contributed by atoms with van der Waals surface area (Å²) < 4.78 is 43.0. The number of fused-ring (bicyclic) bond motifs is 1. The van der Waals surface area contributed by atoms with Gasteiger partial charge >= 0.3 is 5.97 Å². The van der Waals surface area contributed by atoms with Crippen LogP contribution >= 0.6 is 11.3 Å². The summed E-state index contributed by atoms with van der Waals surface area (Å²) in [7, 11) is -1.99. The molecule has 0 saturated heterocycles. The van der Waals surface area contributed by atoms with Gasteiger partial charge in [-0.15, -0.1) is 11.3 Å². The molecule has 7 nitrogen and oxygen atoms in total. The van der Waals surface area contributed by atoms with Gasteiger partial charge in [-0.05, 0) is 50.2 Å². The Kier molecular flexibility index (Phi) is 6.35. The molecule has 29 heavy (non-hydrogen) atoms. The van der Waals surface area contributed by atoms with Gasteiger partial charge in [0.2, 0.25) is 5.91 Å². The Morgan fingerprint density at radius 2 is 1.97 bits per heavy atom. The standard InChI is InChI=1S/C19H21FN2O5S2/c1-3-27-19(24)17-14-8-9-22(2)10-15(14)28-18(17)21-16(23)11-29(25,26)13-6-4-12(20)5-7-13/h4-7H,3,8-11H2,1-2H3,(H,21,23). The molecule has 0 fully saturated rings. The lowest BCUT2D eigenvalue weighted by Crippen LogP contribution is -2.26. The number of rotatable bonds is 6. The molecule has 1 N–H and O–H groups in total. The number of sulfone groups is 1. The third-order valence-corrected chi connectivity index (χ3v) is 7.24. The van der Waals surface area contributed by atoms with Gasteiger partial charge in [-0.1, -0.05) is 0 Å². The highest BCUT2D eigenvalue weighted by molar-refractivity contribution is 7.92. The summed E-state index contributed by atoms with van der Waals surface area (Å²) >= 11 is 1.25. The minimum atomic E-state index is -3.95. The molecule has 0 bridgehead atoms. The molecule has 2 aromatic rings. The van der Waals surface area contributed by atoms with Gasteiger partial charge in [0.05, 0.1) is 17.1 Å². The van der Waals surface area contributed by atoms with Gasteiger partial charge < -0.3 is 15.0 Å². The largest absolute Gasteiger partial charge is 0.462 e. The van der Waals surface area contributed by atoms with Crippen molar-refractivity contribution in [3.8, 4) is 0 Å². The second-order valence-corrected chi connectivity index (χ2v) is 9.77. The van der Waals surface area contributed by atoms with Gasteiger partial charge in [0, 0.05) is 18.0 Å². The molecule has 2 heterocycles. The fourth-order valence-electron chi connectivity index (χ4n) is 3.10. The number of amides is 1. The highest BCUT2D eigenvalue weighted by atomic mass is 32.2. The number of nitrogens with one attached hydrogen (secondary N) is 1. The number of esters is 1. The van der Waals surface area contributed by atoms with Gasteiger partial charge in [-0.2, -0.15) is 0 Å². The zero-order valence-corrected chi connectivity index (χ0v) is 17.7. The quantitative estimate of drug-likeness (QED) is 0.548. The third-order valence-electron chi connectivity index (χ3n) is 4.47. The van der Waals surface area contributed by atoms with E-state index in [4.69, 9.17) is 4.74 Å². The molecular formula is C19H21FN2O5S2. The van der Waals surface area contributed by atoms with Crippen LogP contribution in [0.1, 0.15) is 27.7 Å². The highest BCUT2D eigenvalue weighted by Crippen LogP contribution is 2.37. The number of hydrogen-bond donors (Lipinski definition) is 1. The maximum Gasteiger partial charge on any atom is 0.341 e. The lowest BCUT2D eigenvalue weighted by Gasteiger charge is -2.22. The third kappa shape index (κ3) is 4.82. The first-order valence-corrected chi connectivity index (χ1v) is 11.5. The number of anilines is 1. The van der Waals surface area contributed by atoms with Crippen molar-refractivity contribution in [1.29, 1.82) is 0 Å². The van der Waals surface area contributed by atoms with E-state index in [1.54, 1.807) is 6.92 Å². The number of carbonyl (C=O) groups is 2. The van der Waals surface area contributed by atoms with Crippen LogP contribution in [0, 0.1) is 5.82 Å². The van der Waals surface area contributed by atoms with Crippen LogP contribution in [0.2, 0.25) is 0 Å². The first kappa shape index (κ1) is 21.4. The van der Waals surface area contributed by atoms with Crippen LogP contribution in [0.15, 0.2) is 29.2 Å². The number of likely N-dealkylation sites (N-methyl/N-ethyl adjacent to an activating group) is 1.